The van der Waals surface area contributed by atoms with E-state index in [9.17, 15) is 4.79 Å². The van der Waals surface area contributed by atoms with Gasteiger partial charge in [-0.05, 0) is 44.2 Å². The molecule has 1 aromatic carbocycles. The average molecular weight is 395 g/mol. The van der Waals surface area contributed by atoms with Gasteiger partial charge in [-0.25, -0.2) is 4.98 Å². The smallest absolute Gasteiger partial charge is 0.325 e. The minimum absolute atomic E-state index is 0.137. The highest BCUT2D eigenvalue weighted by Crippen LogP contribution is 2.40. The molecule has 3 rings (SSSR count). The predicted molar refractivity (Wildman–Crippen MR) is 102 cm³/mol. The maximum absolute atomic E-state index is 12.0. The first-order valence-electron chi connectivity index (χ1n) is 7.73. The van der Waals surface area contributed by atoms with E-state index in [2.05, 4.69) is 4.98 Å². The van der Waals surface area contributed by atoms with Crippen LogP contribution < -0.4 is 0 Å². The molecule has 0 aliphatic rings. The second-order valence-electron chi connectivity index (χ2n) is 5.36. The first-order valence-corrected chi connectivity index (χ1v) is 9.30. The Balaban J connectivity index is 2.09. The van der Waals surface area contributed by atoms with Gasteiger partial charge in [-0.15, -0.1) is 0 Å². The highest BCUT2D eigenvalue weighted by atomic mass is 35.5. The molecule has 2 aromatic heterocycles. The molecular weight excluding hydrogens is 379 g/mol. The Morgan fingerprint density at radius 1 is 1.24 bits per heavy atom. The molecule has 3 aromatic rings. The SMILES string of the molecule is CCOC(=O)Cn1c(C)c(Sc2ccc(Cl)cc2)c2c(Cl)nccc21. The van der Waals surface area contributed by atoms with Gasteiger partial charge in [0.15, 0.2) is 0 Å². The highest BCUT2D eigenvalue weighted by molar-refractivity contribution is 7.99. The van der Waals surface area contributed by atoms with E-state index < -0.39 is 0 Å². The zero-order valence-electron chi connectivity index (χ0n) is 13.8. The Kier molecular flexibility index (Phi) is 5.57. The fourth-order valence-electron chi connectivity index (χ4n) is 2.63. The zero-order chi connectivity index (χ0) is 18.0. The van der Waals surface area contributed by atoms with Crippen molar-refractivity contribution in [1.29, 1.82) is 0 Å². The van der Waals surface area contributed by atoms with E-state index >= 15 is 0 Å². The molecule has 4 nitrogen and oxygen atoms in total. The molecule has 7 heteroatoms. The quantitative estimate of drug-likeness (QED) is 0.431. The predicted octanol–water partition coefficient (Wildman–Crippen LogP) is 5.37. The Morgan fingerprint density at radius 3 is 2.64 bits per heavy atom. The monoisotopic (exact) mass is 394 g/mol. The average Bonchev–Trinajstić information content (AvgIpc) is 2.84. The molecule has 0 amide bonds. The summed E-state index contributed by atoms with van der Waals surface area (Å²) in [4.78, 5) is 18.2. The van der Waals surface area contributed by atoms with Crippen LogP contribution in [0.4, 0.5) is 0 Å². The van der Waals surface area contributed by atoms with Gasteiger partial charge in [-0.1, -0.05) is 35.0 Å². The molecule has 0 aliphatic carbocycles. The van der Waals surface area contributed by atoms with Crippen LogP contribution in [0, 0.1) is 6.92 Å². The van der Waals surface area contributed by atoms with Crippen molar-refractivity contribution in [3.63, 3.8) is 0 Å². The number of hydrogen-bond donors (Lipinski definition) is 0. The lowest BCUT2D eigenvalue weighted by atomic mass is 10.3. The molecule has 0 fully saturated rings. The van der Waals surface area contributed by atoms with Crippen molar-refractivity contribution in [2.24, 2.45) is 0 Å². The summed E-state index contributed by atoms with van der Waals surface area (Å²) in [6.07, 6.45) is 1.64. The Morgan fingerprint density at radius 2 is 1.96 bits per heavy atom. The van der Waals surface area contributed by atoms with Gasteiger partial charge in [0, 0.05) is 26.7 Å². The van der Waals surface area contributed by atoms with Gasteiger partial charge < -0.3 is 9.30 Å². The largest absolute Gasteiger partial charge is 0.465 e. The molecule has 0 spiro atoms. The minimum Gasteiger partial charge on any atom is -0.465 e. The van der Waals surface area contributed by atoms with Crippen LogP contribution in [0.2, 0.25) is 10.2 Å². The number of hydrogen-bond acceptors (Lipinski definition) is 4. The van der Waals surface area contributed by atoms with E-state index in [1.165, 1.54) is 0 Å². The maximum atomic E-state index is 12.0. The van der Waals surface area contributed by atoms with Crippen LogP contribution in [-0.4, -0.2) is 22.1 Å². The van der Waals surface area contributed by atoms with E-state index in [-0.39, 0.29) is 12.5 Å². The highest BCUT2D eigenvalue weighted by Gasteiger charge is 2.20. The van der Waals surface area contributed by atoms with Crippen molar-refractivity contribution in [3.05, 3.63) is 52.4 Å². The number of aromatic nitrogens is 2. The molecule has 0 aliphatic heterocycles. The molecule has 0 unspecified atom stereocenters. The Labute approximate surface area is 160 Å². The molecule has 0 saturated carbocycles. The molecule has 0 bridgehead atoms. The maximum Gasteiger partial charge on any atom is 0.325 e. The number of pyridine rings is 1. The molecule has 2 heterocycles. The standard InChI is InChI=1S/C18H16Cl2N2O2S/c1-3-24-15(23)10-22-11(2)17(16-14(22)8-9-21-18(16)20)25-13-6-4-12(19)5-7-13/h4-9H,3,10H2,1-2H3. The number of ether oxygens (including phenoxy) is 1. The van der Waals surface area contributed by atoms with Gasteiger partial charge in [-0.2, -0.15) is 0 Å². The summed E-state index contributed by atoms with van der Waals surface area (Å²) in [5.41, 5.74) is 1.81. The Hall–Kier alpha value is -1.69. The first-order chi connectivity index (χ1) is 12.0. The molecular formula is C18H16Cl2N2O2S. The number of halogens is 2. The summed E-state index contributed by atoms with van der Waals surface area (Å²) >= 11 is 13.9. The van der Waals surface area contributed by atoms with Crippen molar-refractivity contribution in [1.82, 2.24) is 9.55 Å². The van der Waals surface area contributed by atoms with Crippen LogP contribution in [0.25, 0.3) is 10.9 Å². The van der Waals surface area contributed by atoms with E-state index in [0.29, 0.717) is 16.8 Å². The lowest BCUT2D eigenvalue weighted by Crippen LogP contribution is -2.14. The Bertz CT molecular complexity index is 923. The van der Waals surface area contributed by atoms with Gasteiger partial charge in [0.25, 0.3) is 0 Å². The summed E-state index contributed by atoms with van der Waals surface area (Å²) in [5.74, 6) is -0.279. The van der Waals surface area contributed by atoms with E-state index in [0.717, 1.165) is 26.4 Å². The summed E-state index contributed by atoms with van der Waals surface area (Å²) in [6.45, 7) is 4.25. The second-order valence-corrected chi connectivity index (χ2v) is 7.24. The molecule has 0 radical (unpaired) electrons. The van der Waals surface area contributed by atoms with Crippen molar-refractivity contribution >= 4 is 51.8 Å². The van der Waals surface area contributed by atoms with Crippen LogP contribution in [0.1, 0.15) is 12.6 Å². The number of nitrogens with zero attached hydrogens (tertiary/aromatic N) is 2. The van der Waals surface area contributed by atoms with Gasteiger partial charge in [0.05, 0.1) is 17.5 Å². The van der Waals surface area contributed by atoms with Crippen LogP contribution in [0.5, 0.6) is 0 Å². The van der Waals surface area contributed by atoms with E-state index in [4.69, 9.17) is 27.9 Å². The number of carbonyl (C=O) groups excluding carboxylic acids is 1. The molecule has 0 N–H and O–H groups in total. The number of esters is 1. The summed E-state index contributed by atoms with van der Waals surface area (Å²) < 4.78 is 7.01. The first kappa shape index (κ1) is 18.1. The lowest BCUT2D eigenvalue weighted by molar-refractivity contribution is -0.143. The summed E-state index contributed by atoms with van der Waals surface area (Å²) in [7, 11) is 0. The normalized spacial score (nSPS) is 11.0. The fraction of sp³-hybridized carbons (Fsp3) is 0.222. The third kappa shape index (κ3) is 3.78. The van der Waals surface area contributed by atoms with Crippen molar-refractivity contribution in [3.8, 4) is 0 Å². The van der Waals surface area contributed by atoms with Crippen LogP contribution in [-0.2, 0) is 16.1 Å². The van der Waals surface area contributed by atoms with Gasteiger partial charge in [-0.3, -0.25) is 4.79 Å². The third-order valence-electron chi connectivity index (χ3n) is 3.76. The van der Waals surface area contributed by atoms with Crippen LogP contribution >= 0.6 is 35.0 Å². The van der Waals surface area contributed by atoms with Crippen LogP contribution in [0.15, 0.2) is 46.3 Å². The number of carbonyl (C=O) groups is 1. The number of fused-ring (bicyclic) bond motifs is 1. The fourth-order valence-corrected chi connectivity index (χ4v) is 4.13. The number of rotatable bonds is 5. The van der Waals surface area contributed by atoms with Gasteiger partial charge in [0.2, 0.25) is 0 Å². The zero-order valence-corrected chi connectivity index (χ0v) is 16.1. The number of benzene rings is 1. The van der Waals surface area contributed by atoms with Crippen molar-refractivity contribution < 1.29 is 9.53 Å². The molecule has 0 atom stereocenters. The van der Waals surface area contributed by atoms with Crippen molar-refractivity contribution in [2.45, 2.75) is 30.2 Å². The topological polar surface area (TPSA) is 44.1 Å². The second kappa shape index (κ2) is 7.68. The van der Waals surface area contributed by atoms with Crippen molar-refractivity contribution in [2.75, 3.05) is 6.61 Å². The minimum atomic E-state index is -0.279. The van der Waals surface area contributed by atoms with Gasteiger partial charge in [0.1, 0.15) is 11.7 Å². The van der Waals surface area contributed by atoms with E-state index in [1.54, 1.807) is 24.9 Å². The van der Waals surface area contributed by atoms with Gasteiger partial charge >= 0.3 is 5.97 Å². The van der Waals surface area contributed by atoms with E-state index in [1.807, 2.05) is 41.8 Å². The lowest BCUT2D eigenvalue weighted by Gasteiger charge is -2.08. The molecule has 25 heavy (non-hydrogen) atoms. The molecule has 130 valence electrons. The third-order valence-corrected chi connectivity index (χ3v) is 5.51. The summed E-state index contributed by atoms with van der Waals surface area (Å²) in [5, 5.41) is 1.94. The summed E-state index contributed by atoms with van der Waals surface area (Å²) in [6, 6.07) is 9.45. The molecule has 0 saturated heterocycles. The van der Waals surface area contributed by atoms with Crippen LogP contribution in [0.3, 0.4) is 0 Å².